The van der Waals surface area contributed by atoms with Crippen LogP contribution in [-0.4, -0.2) is 83.4 Å². The number of phenols is 1. The number of primary sulfonamides is 1. The number of phenolic OH excluding ortho intramolecular Hbond substituents is 1. The number of anilines is 2. The van der Waals surface area contributed by atoms with E-state index < -0.39 is 30.1 Å². The van der Waals surface area contributed by atoms with Crippen molar-refractivity contribution in [3.05, 3.63) is 58.6 Å². The molecule has 0 fully saturated rings. The summed E-state index contributed by atoms with van der Waals surface area (Å²) in [5, 5.41) is 32.0. The molecule has 2 heterocycles. The van der Waals surface area contributed by atoms with Crippen molar-refractivity contribution in [2.24, 2.45) is 15.4 Å². The molecule has 0 bridgehead atoms. The second kappa shape index (κ2) is 22.0. The lowest BCUT2D eigenvalue weighted by atomic mass is 9.89. The molecule has 1 aliphatic rings. The first-order valence-corrected chi connectivity index (χ1v) is 26.8. The molecule has 1 aliphatic carbocycles. The minimum atomic E-state index is -4.49. The van der Waals surface area contributed by atoms with Gasteiger partial charge in [-0.05, 0) is 68.5 Å². The van der Waals surface area contributed by atoms with E-state index in [2.05, 4.69) is 41.8 Å². The Labute approximate surface area is 384 Å². The largest absolute Gasteiger partial charge is 0.505 e. The monoisotopic (exact) mass is 977 g/mol. The zero-order valence-corrected chi connectivity index (χ0v) is 39.8. The number of aromatic hydroxyl groups is 1. The second-order valence-corrected chi connectivity index (χ2v) is 21.2. The number of hydrogen-bond donors (Lipinski definition) is 5. The van der Waals surface area contributed by atoms with Crippen LogP contribution in [0.2, 0.25) is 5.02 Å². The van der Waals surface area contributed by atoms with Gasteiger partial charge in [-0.15, -0.1) is 20.0 Å². The number of benzene rings is 3. The number of unbranched alkanes of at least 4 members (excludes halogenated alkanes) is 9. The number of nitrogens with two attached hydrogens (primary N) is 1. The van der Waals surface area contributed by atoms with Gasteiger partial charge in [0.15, 0.2) is 17.3 Å². The molecule has 6 rings (SSSR count). The van der Waals surface area contributed by atoms with Gasteiger partial charge in [0.05, 0.1) is 35.1 Å². The molecule has 0 radical (unpaired) electrons. The first kappa shape index (κ1) is 49.4. The highest BCUT2D eigenvalue weighted by molar-refractivity contribution is 7.93. The van der Waals surface area contributed by atoms with Gasteiger partial charge in [0.1, 0.15) is 34.4 Å². The second-order valence-electron chi connectivity index (χ2n) is 15.8. The molecule has 5 aromatic rings. The Morgan fingerprint density at radius 1 is 0.831 bits per heavy atom. The normalized spacial score (nSPS) is 13.4. The number of nitrogens with zero attached hydrogens (tertiary/aromatic N) is 5. The third-order valence-electron chi connectivity index (χ3n) is 10.7. The number of hydrogen-bond acceptors (Lipinski definition) is 14. The van der Waals surface area contributed by atoms with Crippen LogP contribution in [0.3, 0.4) is 0 Å². The number of aromatic nitrogens is 4. The molecule has 0 spiro atoms. The van der Waals surface area contributed by atoms with Gasteiger partial charge in [0.2, 0.25) is 25.7 Å². The lowest BCUT2D eigenvalue weighted by molar-refractivity contribution is 0.144. The molecule has 0 aliphatic heterocycles. The Morgan fingerprint density at radius 3 is 2.17 bits per heavy atom. The van der Waals surface area contributed by atoms with Crippen LogP contribution in [0.25, 0.3) is 17.0 Å². The third kappa shape index (κ3) is 13.1. The highest BCUT2D eigenvalue weighted by Crippen LogP contribution is 2.43. The quantitative estimate of drug-likeness (QED) is 0.0209. The Hall–Kier alpha value is -5.00. The maximum atomic E-state index is 14.4. The lowest BCUT2D eigenvalue weighted by Crippen LogP contribution is -2.17. The molecular formula is C42H56ClN9O10S3. The van der Waals surface area contributed by atoms with Crippen molar-refractivity contribution in [3.8, 4) is 28.6 Å². The zero-order valence-electron chi connectivity index (χ0n) is 36.6. The fourth-order valence-corrected chi connectivity index (χ4v) is 9.95. The average Bonchev–Trinajstić information content (AvgIpc) is 3.80. The van der Waals surface area contributed by atoms with Gasteiger partial charge >= 0.3 is 0 Å². The van der Waals surface area contributed by atoms with Gasteiger partial charge in [0.25, 0.3) is 10.0 Å². The number of halogens is 1. The predicted molar refractivity (Wildman–Crippen MR) is 249 cm³/mol. The van der Waals surface area contributed by atoms with Crippen LogP contribution in [0.5, 0.6) is 17.2 Å². The molecule has 0 atom stereocenters. The van der Waals surface area contributed by atoms with Crippen LogP contribution in [0.4, 0.5) is 22.9 Å². The Kier molecular flexibility index (Phi) is 16.7. The standard InChI is InChI=1S/C42H56ClN9O10S3/c1-4-5-6-7-8-9-10-11-12-15-22-61-36-27-34(39(53)31-17-14-13-16-30(31)36)50-65(58,59)37-25-28(18-21-35(37)62-24-23-60-2)40-45-42-38(41(49-52(42)48-40)51-63(3,54)55)47-46-33-20-19-29(26-32(33)43)64(44,56)57/h18-21,25-27,50,53H,4-17,22-24H2,1-3H3,(H,45,48)(H,49,51)(H2,44,56,57). The number of sulfonamides is 3. The topological polar surface area (TPSA) is 271 Å². The number of H-pyrrole nitrogens is 1. The zero-order chi connectivity index (χ0) is 46.8. The summed E-state index contributed by atoms with van der Waals surface area (Å²) in [5.41, 5.74) is 1.57. The van der Waals surface area contributed by atoms with E-state index in [1.807, 2.05) is 0 Å². The molecule has 2 aromatic heterocycles. The van der Waals surface area contributed by atoms with Crippen LogP contribution < -0.4 is 24.1 Å². The predicted octanol–water partition coefficient (Wildman–Crippen LogP) is 8.52. The number of nitrogens with one attached hydrogen (secondary N) is 3. The van der Waals surface area contributed by atoms with Gasteiger partial charge in [-0.1, -0.05) is 76.3 Å². The SMILES string of the molecule is CCCCCCCCCCCCOc1cc(NS(=O)(=O)c2cc(-c3nc4c(N=Nc5ccc(S(N)(=O)=O)cc5Cl)c(NS(C)(=O)=O)nn4[nH]3)ccc2OCCOC)c(O)c2c1CCCC2. The maximum absolute atomic E-state index is 14.4. The number of azo groups is 1. The maximum Gasteiger partial charge on any atom is 0.265 e. The highest BCUT2D eigenvalue weighted by Gasteiger charge is 2.28. The number of fused-ring (bicyclic) bond motifs is 2. The summed E-state index contributed by atoms with van der Waals surface area (Å²) in [5.74, 6) is 0.191. The summed E-state index contributed by atoms with van der Waals surface area (Å²) < 4.78 is 100. The Balaban J connectivity index is 1.28. The minimum Gasteiger partial charge on any atom is -0.505 e. The van der Waals surface area contributed by atoms with Crippen LogP contribution in [0.1, 0.15) is 95.1 Å². The Morgan fingerprint density at radius 2 is 1.51 bits per heavy atom. The molecule has 0 saturated heterocycles. The van der Waals surface area contributed by atoms with Crippen molar-refractivity contribution in [3.63, 3.8) is 0 Å². The van der Waals surface area contributed by atoms with Crippen LogP contribution >= 0.6 is 11.6 Å². The fourth-order valence-electron chi connectivity index (χ4n) is 7.41. The molecule has 6 N–H and O–H groups in total. The molecule has 65 heavy (non-hydrogen) atoms. The first-order valence-electron chi connectivity index (χ1n) is 21.5. The summed E-state index contributed by atoms with van der Waals surface area (Å²) in [4.78, 5) is 4.02. The van der Waals surface area contributed by atoms with Crippen molar-refractivity contribution < 1.29 is 44.6 Å². The van der Waals surface area contributed by atoms with E-state index in [1.165, 1.54) is 76.3 Å². The molecular weight excluding hydrogens is 922 g/mol. The van der Waals surface area contributed by atoms with Crippen molar-refractivity contribution in [1.82, 2.24) is 19.8 Å². The number of rotatable bonds is 25. The molecule has 0 amide bonds. The molecule has 354 valence electrons. The Bertz CT molecular complexity index is 2830. The van der Waals surface area contributed by atoms with Crippen molar-refractivity contribution in [1.29, 1.82) is 0 Å². The van der Waals surface area contributed by atoms with Gasteiger partial charge in [-0.25, -0.2) is 35.4 Å². The minimum absolute atomic E-state index is 0.0102. The summed E-state index contributed by atoms with van der Waals surface area (Å²) in [7, 11) is -11.0. The van der Waals surface area contributed by atoms with Gasteiger partial charge in [0, 0.05) is 29.9 Å². The summed E-state index contributed by atoms with van der Waals surface area (Å²) in [6.07, 6.45) is 15.7. The number of methoxy groups -OCH3 is 1. The van der Waals surface area contributed by atoms with E-state index >= 15 is 0 Å². The smallest absolute Gasteiger partial charge is 0.265 e. The third-order valence-corrected chi connectivity index (χ3v) is 13.9. The van der Waals surface area contributed by atoms with E-state index in [0.29, 0.717) is 30.8 Å². The van der Waals surface area contributed by atoms with E-state index in [1.54, 1.807) is 12.1 Å². The first-order chi connectivity index (χ1) is 31.0. The summed E-state index contributed by atoms with van der Waals surface area (Å²) in [6.45, 7) is 2.87. The van der Waals surface area contributed by atoms with Crippen LogP contribution in [0, 0.1) is 0 Å². The number of ether oxygens (including phenoxy) is 3. The molecule has 19 nitrogen and oxygen atoms in total. The van der Waals surface area contributed by atoms with E-state index in [0.717, 1.165) is 54.6 Å². The van der Waals surface area contributed by atoms with Crippen molar-refractivity contribution >= 4 is 70.2 Å². The fraction of sp³-hybridized carbons (Fsp3) is 0.476. The summed E-state index contributed by atoms with van der Waals surface area (Å²) >= 11 is 6.26. The van der Waals surface area contributed by atoms with Gasteiger partial charge in [-0.3, -0.25) is 14.5 Å². The van der Waals surface area contributed by atoms with Gasteiger partial charge in [-0.2, -0.15) is 0 Å². The van der Waals surface area contributed by atoms with E-state index in [9.17, 15) is 30.4 Å². The lowest BCUT2D eigenvalue weighted by Gasteiger charge is -2.23. The molecule has 3 aromatic carbocycles. The molecule has 0 saturated carbocycles. The average molecular weight is 979 g/mol. The molecule has 23 heteroatoms. The van der Waals surface area contributed by atoms with Crippen LogP contribution in [-0.2, 0) is 47.6 Å². The van der Waals surface area contributed by atoms with Gasteiger partial charge < -0.3 is 19.3 Å². The van der Waals surface area contributed by atoms with Crippen LogP contribution in [0.15, 0.2) is 62.5 Å². The number of aromatic amines is 1. The highest BCUT2D eigenvalue weighted by atomic mass is 35.5. The molecule has 0 unspecified atom stereocenters. The summed E-state index contributed by atoms with van der Waals surface area (Å²) in [6, 6.07) is 9.39. The van der Waals surface area contributed by atoms with Crippen molar-refractivity contribution in [2.45, 2.75) is 107 Å². The van der Waals surface area contributed by atoms with E-state index in [4.69, 9.17) is 31.0 Å². The van der Waals surface area contributed by atoms with Crippen molar-refractivity contribution in [2.75, 3.05) is 42.6 Å². The van der Waals surface area contributed by atoms with E-state index in [-0.39, 0.29) is 79.4 Å².